The highest BCUT2D eigenvalue weighted by Gasteiger charge is 2.41. The van der Waals surface area contributed by atoms with Crippen LogP contribution in [0.15, 0.2) is 24.3 Å². The van der Waals surface area contributed by atoms with E-state index < -0.39 is 0 Å². The molecule has 1 heterocycles. The van der Waals surface area contributed by atoms with E-state index in [0.717, 1.165) is 35.5 Å². The largest absolute Gasteiger partial charge is 0.341 e. The van der Waals surface area contributed by atoms with Crippen LogP contribution in [0.25, 0.3) is 5.69 Å². The molecule has 2 bridgehead atoms. The summed E-state index contributed by atoms with van der Waals surface area (Å²) in [5.74, 6) is 1.45. The van der Waals surface area contributed by atoms with Gasteiger partial charge in [-0.1, -0.05) is 24.6 Å². The minimum atomic E-state index is 0.127. The van der Waals surface area contributed by atoms with Crippen molar-refractivity contribution in [3.8, 4) is 5.69 Å². The first-order valence-electron chi connectivity index (χ1n) is 11.0. The third kappa shape index (κ3) is 3.73. The lowest BCUT2D eigenvalue weighted by atomic mass is 9.65. The number of nitrogens with zero attached hydrogens (tertiary/aromatic N) is 3. The molecule has 0 saturated heterocycles. The van der Waals surface area contributed by atoms with Crippen LogP contribution in [-0.2, 0) is 11.3 Å². The molecular formula is C24H34N4O. The van der Waals surface area contributed by atoms with Crippen molar-refractivity contribution in [2.75, 3.05) is 7.05 Å². The normalized spacial score (nSPS) is 26.4. The fourth-order valence-electron chi connectivity index (χ4n) is 5.56. The lowest BCUT2D eigenvalue weighted by Crippen LogP contribution is -2.49. The molecule has 2 unspecified atom stereocenters. The first-order chi connectivity index (χ1) is 13.9. The number of nitrogens with two attached hydrogens (primary N) is 1. The average molecular weight is 395 g/mol. The van der Waals surface area contributed by atoms with E-state index >= 15 is 0 Å². The molecular weight excluding hydrogens is 360 g/mol. The molecule has 1 amide bonds. The maximum Gasteiger partial charge on any atom is 0.225 e. The second-order valence-electron chi connectivity index (χ2n) is 9.24. The first kappa shape index (κ1) is 20.1. The number of rotatable bonds is 4. The number of carbonyl (C=O) groups is 1. The van der Waals surface area contributed by atoms with Crippen molar-refractivity contribution in [1.29, 1.82) is 0 Å². The highest BCUT2D eigenvalue weighted by Crippen LogP contribution is 2.42. The second kappa shape index (κ2) is 7.94. The van der Waals surface area contributed by atoms with Gasteiger partial charge in [0.1, 0.15) is 0 Å². The van der Waals surface area contributed by atoms with Gasteiger partial charge in [0.05, 0.1) is 11.4 Å². The minimum Gasteiger partial charge on any atom is -0.341 e. The van der Waals surface area contributed by atoms with Gasteiger partial charge in [-0.3, -0.25) is 4.79 Å². The molecule has 156 valence electrons. The van der Waals surface area contributed by atoms with E-state index in [1.165, 1.54) is 24.8 Å². The molecule has 2 aromatic rings. The van der Waals surface area contributed by atoms with Gasteiger partial charge in [-0.05, 0) is 69.9 Å². The van der Waals surface area contributed by atoms with Crippen LogP contribution < -0.4 is 5.73 Å². The summed E-state index contributed by atoms with van der Waals surface area (Å²) in [6.07, 6.45) is 5.57. The van der Waals surface area contributed by atoms with Gasteiger partial charge < -0.3 is 10.6 Å². The molecule has 0 aliphatic heterocycles. The van der Waals surface area contributed by atoms with Crippen molar-refractivity contribution in [2.45, 2.75) is 65.5 Å². The molecule has 0 radical (unpaired) electrons. The van der Waals surface area contributed by atoms with E-state index in [4.69, 9.17) is 10.8 Å². The van der Waals surface area contributed by atoms with Gasteiger partial charge in [0, 0.05) is 36.8 Å². The minimum absolute atomic E-state index is 0.127. The van der Waals surface area contributed by atoms with Gasteiger partial charge in [-0.2, -0.15) is 5.10 Å². The molecule has 2 atom stereocenters. The summed E-state index contributed by atoms with van der Waals surface area (Å²) in [6, 6.07) is 8.58. The zero-order valence-electron chi connectivity index (χ0n) is 18.2. The van der Waals surface area contributed by atoms with Crippen LogP contribution in [0.4, 0.5) is 0 Å². The summed E-state index contributed by atoms with van der Waals surface area (Å²) in [4.78, 5) is 15.2. The molecule has 2 fully saturated rings. The predicted octanol–water partition coefficient (Wildman–Crippen LogP) is 3.91. The summed E-state index contributed by atoms with van der Waals surface area (Å²) >= 11 is 0. The van der Waals surface area contributed by atoms with Crippen molar-refractivity contribution in [2.24, 2.45) is 23.5 Å². The third-order valence-corrected chi connectivity index (χ3v) is 7.32. The van der Waals surface area contributed by atoms with Gasteiger partial charge in [0.2, 0.25) is 5.91 Å². The van der Waals surface area contributed by atoms with Crippen molar-refractivity contribution in [3.05, 3.63) is 46.8 Å². The zero-order valence-corrected chi connectivity index (χ0v) is 18.2. The van der Waals surface area contributed by atoms with Crippen LogP contribution in [-0.4, -0.2) is 33.7 Å². The Bertz CT molecular complexity index is 888. The Kier molecular flexibility index (Phi) is 5.52. The van der Waals surface area contributed by atoms with Crippen molar-refractivity contribution < 1.29 is 4.79 Å². The molecule has 1 aromatic heterocycles. The highest BCUT2D eigenvalue weighted by atomic mass is 16.2. The molecule has 2 aliphatic carbocycles. The SMILES string of the molecule is Cc1ccccc1-n1nc(C)c(CN(C)C(=O)C2CC3CCCC(C2)C3N)c1C. The van der Waals surface area contributed by atoms with Gasteiger partial charge in [-0.15, -0.1) is 0 Å². The number of hydrogen-bond donors (Lipinski definition) is 1. The van der Waals surface area contributed by atoms with Crippen LogP contribution >= 0.6 is 0 Å². The molecule has 29 heavy (non-hydrogen) atoms. The third-order valence-electron chi connectivity index (χ3n) is 7.32. The topological polar surface area (TPSA) is 64.2 Å². The number of para-hydroxylation sites is 1. The number of hydrogen-bond acceptors (Lipinski definition) is 3. The van der Waals surface area contributed by atoms with E-state index in [2.05, 4.69) is 26.0 Å². The quantitative estimate of drug-likeness (QED) is 0.855. The number of benzene rings is 1. The van der Waals surface area contributed by atoms with Crippen molar-refractivity contribution in [1.82, 2.24) is 14.7 Å². The Morgan fingerprint density at radius 1 is 1.17 bits per heavy atom. The van der Waals surface area contributed by atoms with Crippen molar-refractivity contribution >= 4 is 5.91 Å². The van der Waals surface area contributed by atoms with Crippen LogP contribution in [0.5, 0.6) is 0 Å². The second-order valence-corrected chi connectivity index (χ2v) is 9.24. The molecule has 0 spiro atoms. The Balaban J connectivity index is 1.51. The Hall–Kier alpha value is -2.14. The molecule has 2 aliphatic rings. The number of aryl methyl sites for hydroxylation is 2. The number of fused-ring (bicyclic) bond motifs is 2. The maximum atomic E-state index is 13.3. The summed E-state index contributed by atoms with van der Waals surface area (Å²) in [6.45, 7) is 6.86. The molecule has 2 N–H and O–H groups in total. The monoisotopic (exact) mass is 394 g/mol. The number of aromatic nitrogens is 2. The summed E-state index contributed by atoms with van der Waals surface area (Å²) in [7, 11) is 1.94. The summed E-state index contributed by atoms with van der Waals surface area (Å²) in [5.41, 5.74) is 12.0. The van der Waals surface area contributed by atoms with E-state index in [1.807, 2.05) is 35.7 Å². The number of carbonyl (C=O) groups excluding carboxylic acids is 1. The van der Waals surface area contributed by atoms with E-state index in [9.17, 15) is 4.79 Å². The molecule has 5 nitrogen and oxygen atoms in total. The molecule has 2 saturated carbocycles. The summed E-state index contributed by atoms with van der Waals surface area (Å²) < 4.78 is 2.02. The fraction of sp³-hybridized carbons (Fsp3) is 0.583. The number of amides is 1. The van der Waals surface area contributed by atoms with Crippen LogP contribution in [0.2, 0.25) is 0 Å². The summed E-state index contributed by atoms with van der Waals surface area (Å²) in [5, 5.41) is 4.78. The average Bonchev–Trinajstić information content (AvgIpc) is 2.95. The Morgan fingerprint density at radius 2 is 1.83 bits per heavy atom. The van der Waals surface area contributed by atoms with Crippen molar-refractivity contribution in [3.63, 3.8) is 0 Å². The standard InChI is InChI=1S/C24H34N4O/c1-15-8-5-6-11-22(15)28-17(3)21(16(2)26-28)14-27(4)24(29)20-12-18-9-7-10-19(13-20)23(18)25/h5-6,8,11,18-20,23H,7,9-10,12-14,25H2,1-4H3. The lowest BCUT2D eigenvalue weighted by Gasteiger charge is -2.44. The van der Waals surface area contributed by atoms with Crippen LogP contribution in [0, 0.1) is 38.5 Å². The van der Waals surface area contributed by atoms with Gasteiger partial charge >= 0.3 is 0 Å². The van der Waals surface area contributed by atoms with E-state index in [1.54, 1.807) is 0 Å². The van der Waals surface area contributed by atoms with Gasteiger partial charge in [0.15, 0.2) is 0 Å². The Labute approximate surface area is 174 Å². The Morgan fingerprint density at radius 3 is 2.48 bits per heavy atom. The maximum absolute atomic E-state index is 13.3. The predicted molar refractivity (Wildman–Crippen MR) is 116 cm³/mol. The lowest BCUT2D eigenvalue weighted by molar-refractivity contribution is -0.137. The highest BCUT2D eigenvalue weighted by molar-refractivity contribution is 5.78. The van der Waals surface area contributed by atoms with Gasteiger partial charge in [0.25, 0.3) is 0 Å². The van der Waals surface area contributed by atoms with Crippen LogP contribution in [0.3, 0.4) is 0 Å². The first-order valence-corrected chi connectivity index (χ1v) is 11.0. The smallest absolute Gasteiger partial charge is 0.225 e. The zero-order chi connectivity index (χ0) is 20.7. The molecule has 1 aromatic carbocycles. The fourth-order valence-corrected chi connectivity index (χ4v) is 5.56. The van der Waals surface area contributed by atoms with Crippen LogP contribution in [0.1, 0.15) is 54.6 Å². The van der Waals surface area contributed by atoms with Gasteiger partial charge in [-0.25, -0.2) is 4.68 Å². The van der Waals surface area contributed by atoms with E-state index in [-0.39, 0.29) is 11.8 Å². The molecule has 4 rings (SSSR count). The molecule has 5 heteroatoms. The van der Waals surface area contributed by atoms with E-state index in [0.29, 0.717) is 24.4 Å².